The van der Waals surface area contributed by atoms with E-state index in [9.17, 15) is 4.79 Å². The van der Waals surface area contributed by atoms with E-state index in [1.165, 1.54) is 38.5 Å². The minimum absolute atomic E-state index is 0.0172. The first-order chi connectivity index (χ1) is 13.5. The Bertz CT molecular complexity index is 622. The van der Waals surface area contributed by atoms with E-state index in [1.54, 1.807) is 0 Å². The van der Waals surface area contributed by atoms with Gasteiger partial charge >= 0.3 is 5.97 Å². The summed E-state index contributed by atoms with van der Waals surface area (Å²) in [5, 5.41) is 7.49. The summed E-state index contributed by atoms with van der Waals surface area (Å²) in [5.74, 6) is 1.75. The zero-order chi connectivity index (χ0) is 21.5. The van der Waals surface area contributed by atoms with Crippen molar-refractivity contribution in [2.45, 2.75) is 123 Å². The molecule has 0 spiro atoms. The van der Waals surface area contributed by atoms with Crippen LogP contribution in [-0.2, 0) is 16.1 Å². The van der Waals surface area contributed by atoms with Crippen LogP contribution < -0.4 is 5.32 Å². The Labute approximate surface area is 176 Å². The smallest absolute Gasteiger partial charge is 0.307 e. The van der Waals surface area contributed by atoms with Crippen LogP contribution >= 0.6 is 0 Å². The molecule has 1 aliphatic rings. The van der Waals surface area contributed by atoms with Gasteiger partial charge in [-0.3, -0.25) is 4.79 Å². The highest BCUT2D eigenvalue weighted by atomic mass is 16.6. The molecule has 166 valence electrons. The van der Waals surface area contributed by atoms with E-state index in [4.69, 9.17) is 9.26 Å². The lowest BCUT2D eigenvalue weighted by Gasteiger charge is -2.23. The van der Waals surface area contributed by atoms with E-state index in [1.807, 2.05) is 20.8 Å². The predicted molar refractivity (Wildman–Crippen MR) is 115 cm³/mol. The van der Waals surface area contributed by atoms with Gasteiger partial charge in [-0.1, -0.05) is 50.1 Å². The summed E-state index contributed by atoms with van der Waals surface area (Å²) in [5.41, 5.74) is -0.503. The largest absolute Gasteiger partial charge is 0.460 e. The van der Waals surface area contributed by atoms with Crippen molar-refractivity contribution < 1.29 is 14.1 Å². The van der Waals surface area contributed by atoms with Gasteiger partial charge in [0.1, 0.15) is 5.60 Å². The van der Waals surface area contributed by atoms with Gasteiger partial charge in [-0.05, 0) is 53.9 Å². The molecule has 1 fully saturated rings. The lowest BCUT2D eigenvalue weighted by Crippen LogP contribution is -2.35. The summed E-state index contributed by atoms with van der Waals surface area (Å²) in [6.45, 7) is 12.5. The number of carbonyl (C=O) groups excluding carboxylic acids is 1. The first-order valence-electron chi connectivity index (χ1n) is 11.3. The number of aromatic nitrogens is 2. The van der Waals surface area contributed by atoms with Crippen LogP contribution in [-0.4, -0.2) is 27.2 Å². The minimum Gasteiger partial charge on any atom is -0.460 e. The Morgan fingerprint density at radius 2 is 1.86 bits per heavy atom. The molecule has 1 aromatic rings. The Hall–Kier alpha value is -1.43. The summed E-state index contributed by atoms with van der Waals surface area (Å²) in [6.07, 6.45) is 10.3. The molecular weight excluding hydrogens is 366 g/mol. The van der Waals surface area contributed by atoms with Gasteiger partial charge in [-0.25, -0.2) is 0 Å². The van der Waals surface area contributed by atoms with Crippen molar-refractivity contribution in [3.8, 4) is 0 Å². The molecule has 29 heavy (non-hydrogen) atoms. The Morgan fingerprint density at radius 3 is 2.48 bits per heavy atom. The van der Waals surface area contributed by atoms with Crippen LogP contribution in [0.2, 0.25) is 0 Å². The van der Waals surface area contributed by atoms with Gasteiger partial charge < -0.3 is 14.6 Å². The molecule has 1 N–H and O–H groups in total. The summed E-state index contributed by atoms with van der Waals surface area (Å²) in [6, 6.07) is 0. The van der Waals surface area contributed by atoms with Crippen molar-refractivity contribution in [3.05, 3.63) is 11.7 Å². The molecule has 0 aliphatic heterocycles. The van der Waals surface area contributed by atoms with Gasteiger partial charge in [0.2, 0.25) is 5.89 Å². The van der Waals surface area contributed by atoms with E-state index >= 15 is 0 Å². The molecule has 1 heterocycles. The van der Waals surface area contributed by atoms with Crippen LogP contribution in [0.3, 0.4) is 0 Å². The standard InChI is InChI=1S/C23H41N3O3/c1-22(2,3)24-16-19-25-21(29-26-19)18(15-20(27)28-23(4,5)6)14-10-13-17-11-8-7-9-12-17/h17-18,24H,7-16H2,1-6H3/t18-/m1/s1. The number of nitrogens with zero attached hydrogens (tertiary/aromatic N) is 2. The molecule has 1 aliphatic carbocycles. The van der Waals surface area contributed by atoms with Crippen LogP contribution in [0.4, 0.5) is 0 Å². The fourth-order valence-electron chi connectivity index (χ4n) is 3.88. The highest BCUT2D eigenvalue weighted by Gasteiger charge is 2.26. The van der Waals surface area contributed by atoms with Gasteiger partial charge in [-0.2, -0.15) is 4.98 Å². The lowest BCUT2D eigenvalue weighted by atomic mass is 9.84. The molecule has 1 aromatic heterocycles. The van der Waals surface area contributed by atoms with E-state index in [0.717, 1.165) is 18.8 Å². The number of rotatable bonds is 9. The predicted octanol–water partition coefficient (Wildman–Crippen LogP) is 5.52. The zero-order valence-electron chi connectivity index (χ0n) is 19.3. The Balaban J connectivity index is 1.97. The lowest BCUT2D eigenvalue weighted by molar-refractivity contribution is -0.155. The summed E-state index contributed by atoms with van der Waals surface area (Å²) in [4.78, 5) is 17.0. The van der Waals surface area contributed by atoms with E-state index in [0.29, 0.717) is 18.3 Å². The van der Waals surface area contributed by atoms with Crippen molar-refractivity contribution >= 4 is 5.97 Å². The maximum Gasteiger partial charge on any atom is 0.307 e. The second-order valence-corrected chi connectivity index (χ2v) is 10.6. The van der Waals surface area contributed by atoms with Gasteiger partial charge in [0.15, 0.2) is 5.82 Å². The number of hydrogen-bond acceptors (Lipinski definition) is 6. The highest BCUT2D eigenvalue weighted by Crippen LogP contribution is 2.31. The van der Waals surface area contributed by atoms with Crippen LogP contribution in [0.15, 0.2) is 4.52 Å². The van der Waals surface area contributed by atoms with E-state index in [-0.39, 0.29) is 23.8 Å². The fraction of sp³-hybridized carbons (Fsp3) is 0.870. The SMILES string of the molecule is CC(C)(C)NCc1noc([C@H](CCCC2CCCCC2)CC(=O)OC(C)(C)C)n1. The minimum atomic E-state index is -0.486. The Kier molecular flexibility index (Phi) is 8.68. The van der Waals surface area contributed by atoms with Crippen LogP contribution in [0.5, 0.6) is 0 Å². The van der Waals surface area contributed by atoms with Crippen molar-refractivity contribution in [2.75, 3.05) is 0 Å². The van der Waals surface area contributed by atoms with Crippen molar-refractivity contribution in [2.24, 2.45) is 5.92 Å². The molecule has 0 radical (unpaired) electrons. The third-order valence-electron chi connectivity index (χ3n) is 5.33. The first-order valence-corrected chi connectivity index (χ1v) is 11.3. The summed E-state index contributed by atoms with van der Waals surface area (Å²) >= 11 is 0. The molecule has 1 atom stereocenters. The number of esters is 1. The summed E-state index contributed by atoms with van der Waals surface area (Å²) in [7, 11) is 0. The molecule has 2 rings (SSSR count). The van der Waals surface area contributed by atoms with E-state index < -0.39 is 5.60 Å². The van der Waals surface area contributed by atoms with Gasteiger partial charge in [0.05, 0.1) is 13.0 Å². The van der Waals surface area contributed by atoms with E-state index in [2.05, 4.69) is 36.2 Å². The van der Waals surface area contributed by atoms with Gasteiger partial charge in [-0.15, -0.1) is 0 Å². The average molecular weight is 408 g/mol. The monoisotopic (exact) mass is 407 g/mol. The molecule has 0 unspecified atom stereocenters. The molecule has 6 nitrogen and oxygen atoms in total. The van der Waals surface area contributed by atoms with Gasteiger partial charge in [0.25, 0.3) is 0 Å². The number of carbonyl (C=O) groups is 1. The second kappa shape index (κ2) is 10.6. The normalized spacial score (nSPS) is 17.3. The molecule has 6 heteroatoms. The zero-order valence-corrected chi connectivity index (χ0v) is 19.3. The van der Waals surface area contributed by atoms with Crippen molar-refractivity contribution in [3.63, 3.8) is 0 Å². The second-order valence-electron chi connectivity index (χ2n) is 10.6. The maximum atomic E-state index is 12.4. The van der Waals surface area contributed by atoms with Crippen LogP contribution in [0.25, 0.3) is 0 Å². The molecular formula is C23H41N3O3. The third-order valence-corrected chi connectivity index (χ3v) is 5.33. The molecule has 1 saturated carbocycles. The quantitative estimate of drug-likeness (QED) is 0.543. The summed E-state index contributed by atoms with van der Waals surface area (Å²) < 4.78 is 11.1. The number of hydrogen-bond donors (Lipinski definition) is 1. The molecule has 0 aromatic carbocycles. The van der Waals surface area contributed by atoms with Crippen molar-refractivity contribution in [1.82, 2.24) is 15.5 Å². The van der Waals surface area contributed by atoms with Crippen LogP contribution in [0.1, 0.15) is 117 Å². The molecule has 0 amide bonds. The first kappa shape index (κ1) is 23.8. The maximum absolute atomic E-state index is 12.4. The topological polar surface area (TPSA) is 77.2 Å². The van der Waals surface area contributed by atoms with Crippen LogP contribution in [0, 0.1) is 5.92 Å². The molecule has 0 saturated heterocycles. The van der Waals surface area contributed by atoms with Gasteiger partial charge in [0, 0.05) is 11.5 Å². The highest BCUT2D eigenvalue weighted by molar-refractivity contribution is 5.70. The Morgan fingerprint density at radius 1 is 1.17 bits per heavy atom. The average Bonchev–Trinajstić information content (AvgIpc) is 3.07. The van der Waals surface area contributed by atoms with Crippen molar-refractivity contribution in [1.29, 1.82) is 0 Å². The third kappa shape index (κ3) is 9.75. The fourth-order valence-corrected chi connectivity index (χ4v) is 3.88. The number of nitrogens with one attached hydrogen (secondary N) is 1. The molecule has 0 bridgehead atoms. The number of ether oxygens (including phenoxy) is 1.